The number of unbranched alkanes of at least 4 members (excludes halogenated alkanes) is 1. The zero-order valence-corrected chi connectivity index (χ0v) is 17.3. The minimum atomic E-state index is -0.672. The molecule has 6 heteroatoms. The van der Waals surface area contributed by atoms with E-state index in [9.17, 15) is 9.90 Å². The van der Waals surface area contributed by atoms with Crippen LogP contribution in [0.1, 0.15) is 32.1 Å². The van der Waals surface area contributed by atoms with Gasteiger partial charge in [-0.25, -0.2) is 0 Å². The number of aliphatic carboxylic acids is 1. The molecule has 2 heterocycles. The van der Waals surface area contributed by atoms with Crippen molar-refractivity contribution in [2.24, 2.45) is 0 Å². The first-order valence-corrected chi connectivity index (χ1v) is 11.2. The van der Waals surface area contributed by atoms with Crippen molar-refractivity contribution in [3.05, 3.63) is 45.9 Å². The van der Waals surface area contributed by atoms with Crippen LogP contribution >= 0.6 is 48.0 Å². The minimum Gasteiger partial charge on any atom is -0.481 e. The van der Waals surface area contributed by atoms with E-state index >= 15 is 0 Å². The van der Waals surface area contributed by atoms with Gasteiger partial charge in [-0.05, 0) is 47.1 Å². The second-order valence-electron chi connectivity index (χ2n) is 5.30. The third-order valence-corrected chi connectivity index (χ3v) is 10.5. The lowest BCUT2D eigenvalue weighted by molar-refractivity contribution is -0.137. The molecule has 2 nitrogen and oxygen atoms in total. The molecule has 0 aliphatic carbocycles. The first-order chi connectivity index (χ1) is 10.2. The standard InChI is InChI=1S/C16H25O2PS2.BrH/c17-15(18)7-9-16(8-1-2-10-19,20-11-3-4-12-20)21-13-5-6-14-21;/h3-6,11-14,20-21H,1-2,7-10,19H2,(H,17,18);1H. The zero-order valence-electron chi connectivity index (χ0n) is 12.6. The molecule has 0 spiro atoms. The van der Waals surface area contributed by atoms with Crippen molar-refractivity contribution in [1.29, 1.82) is 0 Å². The van der Waals surface area contributed by atoms with E-state index in [4.69, 9.17) is 0 Å². The summed E-state index contributed by atoms with van der Waals surface area (Å²) < 4.78 is 0.135. The van der Waals surface area contributed by atoms with Crippen LogP contribution in [0.4, 0.5) is 0 Å². The Bertz CT molecular complexity index is 437. The Morgan fingerprint density at radius 2 is 1.45 bits per heavy atom. The first-order valence-electron chi connectivity index (χ1n) is 7.38. The summed E-state index contributed by atoms with van der Waals surface area (Å²) >= 11 is 0. The van der Waals surface area contributed by atoms with Crippen molar-refractivity contribution in [3.8, 4) is 0 Å². The second-order valence-corrected chi connectivity index (χ2v) is 10.8. The lowest BCUT2D eigenvalue weighted by atomic mass is 10.1. The van der Waals surface area contributed by atoms with Crippen LogP contribution in [0, 0.1) is 0 Å². The van der Waals surface area contributed by atoms with E-state index in [1.54, 1.807) is 0 Å². The lowest BCUT2D eigenvalue weighted by Gasteiger charge is -2.46. The van der Waals surface area contributed by atoms with Gasteiger partial charge >= 0.3 is 5.97 Å². The van der Waals surface area contributed by atoms with Gasteiger partial charge in [0.15, 0.2) is 0 Å². The molecule has 0 saturated carbocycles. The molecule has 0 aromatic rings. The maximum atomic E-state index is 11.1. The van der Waals surface area contributed by atoms with Gasteiger partial charge in [-0.1, -0.05) is 30.7 Å². The molecule has 0 bridgehead atoms. The Morgan fingerprint density at radius 3 is 1.86 bits per heavy atom. The van der Waals surface area contributed by atoms with E-state index in [1.807, 2.05) is 0 Å². The number of carboxylic acids is 1. The highest BCUT2D eigenvalue weighted by Gasteiger charge is 2.38. The Morgan fingerprint density at radius 1 is 0.955 bits per heavy atom. The van der Waals surface area contributed by atoms with Crippen LogP contribution in [0.25, 0.3) is 0 Å². The van der Waals surface area contributed by atoms with E-state index in [2.05, 4.69) is 55.2 Å². The molecule has 2 aliphatic heterocycles. The highest BCUT2D eigenvalue weighted by Crippen LogP contribution is 2.66. The van der Waals surface area contributed by atoms with E-state index in [1.165, 1.54) is 12.8 Å². The summed E-state index contributed by atoms with van der Waals surface area (Å²) in [6.07, 6.45) is 14.3. The number of rotatable bonds is 9. The third kappa shape index (κ3) is 5.02. The summed E-state index contributed by atoms with van der Waals surface area (Å²) in [6.45, 7) is 0. The summed E-state index contributed by atoms with van der Waals surface area (Å²) in [4.78, 5) is 11.1. The summed E-state index contributed by atoms with van der Waals surface area (Å²) in [7, 11) is 2.08. The summed E-state index contributed by atoms with van der Waals surface area (Å²) in [5.41, 5.74) is 0. The fourth-order valence-electron chi connectivity index (χ4n) is 2.86. The molecule has 0 aromatic heterocycles. The molecular weight excluding hydrogens is 399 g/mol. The minimum absolute atomic E-state index is 0. The van der Waals surface area contributed by atoms with E-state index in [0.717, 1.165) is 19.0 Å². The Hall–Kier alpha value is 0.0400. The first kappa shape index (κ1) is 20.1. The number of hydrogen-bond acceptors (Lipinski definition) is 1. The number of allylic oxidation sites excluding steroid dienone is 4. The topological polar surface area (TPSA) is 37.3 Å². The third-order valence-electron chi connectivity index (χ3n) is 3.94. The van der Waals surface area contributed by atoms with Gasteiger partial charge in [0.2, 0.25) is 0 Å². The highest BCUT2D eigenvalue weighted by molar-refractivity contribution is 8.93. The van der Waals surface area contributed by atoms with Gasteiger partial charge < -0.3 is 5.11 Å². The van der Waals surface area contributed by atoms with Crippen molar-refractivity contribution in [1.82, 2.24) is 0 Å². The van der Waals surface area contributed by atoms with Crippen molar-refractivity contribution in [2.45, 2.75) is 36.2 Å². The van der Waals surface area contributed by atoms with Crippen molar-refractivity contribution >= 4 is 54.0 Å². The zero-order chi connectivity index (χ0) is 15.1. The quantitative estimate of drug-likeness (QED) is 0.268. The number of thiol groups is 2. The van der Waals surface area contributed by atoms with Gasteiger partial charge in [0, 0.05) is 10.5 Å². The molecule has 1 N–H and O–H groups in total. The van der Waals surface area contributed by atoms with Crippen molar-refractivity contribution in [2.75, 3.05) is 6.16 Å². The average molecular weight is 425 g/mol. The molecule has 0 saturated heterocycles. The molecule has 126 valence electrons. The molecule has 22 heavy (non-hydrogen) atoms. The molecule has 1 atom stereocenters. The Balaban J connectivity index is 0.00000242. The van der Waals surface area contributed by atoms with Crippen LogP contribution < -0.4 is 0 Å². The average Bonchev–Trinajstić information content (AvgIpc) is 3.15. The lowest BCUT2D eigenvalue weighted by Crippen LogP contribution is -2.27. The van der Waals surface area contributed by atoms with Crippen LogP contribution in [0.15, 0.2) is 45.9 Å². The van der Waals surface area contributed by atoms with Crippen molar-refractivity contribution < 1.29 is 9.90 Å². The summed E-state index contributed by atoms with van der Waals surface area (Å²) in [6, 6.07) is 0. The van der Waals surface area contributed by atoms with Gasteiger partial charge in [-0.15, -0.1) is 26.2 Å². The fraction of sp³-hybridized carbons (Fsp3) is 0.438. The Kier molecular flexibility index (Phi) is 9.15. The van der Waals surface area contributed by atoms with Crippen LogP contribution in [0.3, 0.4) is 0 Å². The molecule has 0 amide bonds. The predicted octanol–water partition coefficient (Wildman–Crippen LogP) is 5.26. The van der Waals surface area contributed by atoms with Gasteiger partial charge in [0.1, 0.15) is 0 Å². The van der Waals surface area contributed by atoms with Crippen LogP contribution in [0.2, 0.25) is 0 Å². The van der Waals surface area contributed by atoms with Gasteiger partial charge in [0.05, 0.1) is 0 Å². The molecule has 0 aromatic carbocycles. The monoisotopic (exact) mass is 424 g/mol. The predicted molar refractivity (Wildman–Crippen MR) is 113 cm³/mol. The largest absolute Gasteiger partial charge is 0.481 e. The van der Waals surface area contributed by atoms with E-state index in [0.29, 0.717) is 0 Å². The van der Waals surface area contributed by atoms with E-state index in [-0.39, 0.29) is 49.3 Å². The molecular formula is C16H26BrO2PS2. The number of halogens is 1. The second kappa shape index (κ2) is 10.0. The van der Waals surface area contributed by atoms with E-state index < -0.39 is 5.97 Å². The normalized spacial score (nSPS) is 19.0. The van der Waals surface area contributed by atoms with Crippen LogP contribution in [-0.2, 0) is 4.79 Å². The van der Waals surface area contributed by atoms with Gasteiger partial charge in [0.25, 0.3) is 0 Å². The molecule has 2 rings (SSSR count). The van der Waals surface area contributed by atoms with Crippen LogP contribution in [-0.4, -0.2) is 21.3 Å². The molecule has 0 fully saturated rings. The summed E-state index contributed by atoms with van der Waals surface area (Å²) in [5.74, 6) is -0.672. The maximum absolute atomic E-state index is 11.1. The highest BCUT2D eigenvalue weighted by atomic mass is 79.9. The maximum Gasteiger partial charge on any atom is 0.303 e. The number of carboxylic acid groups (broad SMARTS) is 1. The Labute approximate surface area is 151 Å². The van der Waals surface area contributed by atoms with Gasteiger partial charge in [-0.2, -0.15) is 21.8 Å². The molecule has 0 radical (unpaired) electrons. The number of hydrogen-bond donors (Lipinski definition) is 3. The molecule has 2 aliphatic rings. The van der Waals surface area contributed by atoms with Gasteiger partial charge in [-0.3, -0.25) is 4.79 Å². The smallest absolute Gasteiger partial charge is 0.303 e. The van der Waals surface area contributed by atoms with Crippen LogP contribution in [0.5, 0.6) is 0 Å². The van der Waals surface area contributed by atoms with Crippen molar-refractivity contribution in [3.63, 3.8) is 0 Å². The molecule has 1 unspecified atom stereocenters. The fourth-order valence-corrected chi connectivity index (χ4v) is 9.03. The summed E-state index contributed by atoms with van der Waals surface area (Å²) in [5, 5.41) is 18.5. The SMILES string of the molecule is Br.O=C(O)CCC(CCCCP)([SH]1C=CC=C1)[SH]1C=CC=C1. The number of carbonyl (C=O) groups is 1.